The lowest BCUT2D eigenvalue weighted by Gasteiger charge is -2.08. The molecule has 3 nitrogen and oxygen atoms in total. The van der Waals surface area contributed by atoms with Gasteiger partial charge in [-0.15, -0.1) is 0 Å². The van der Waals surface area contributed by atoms with Gasteiger partial charge in [0.1, 0.15) is 0 Å². The molecule has 1 aromatic carbocycles. The summed E-state index contributed by atoms with van der Waals surface area (Å²) in [6.07, 6.45) is 3.39. The SMILES string of the molecule is CCCCCNC(=O)CNc1ccc(Br)c(C)c1. The number of benzene rings is 1. The minimum atomic E-state index is 0.0478. The van der Waals surface area contributed by atoms with Gasteiger partial charge in [-0.25, -0.2) is 0 Å². The van der Waals surface area contributed by atoms with E-state index in [0.717, 1.165) is 28.7 Å². The summed E-state index contributed by atoms with van der Waals surface area (Å²) in [6, 6.07) is 5.96. The second kappa shape index (κ2) is 8.14. The molecule has 18 heavy (non-hydrogen) atoms. The standard InChI is InChI=1S/C14H21BrN2O/c1-3-4-5-8-16-14(18)10-17-12-6-7-13(15)11(2)9-12/h6-7,9,17H,3-5,8,10H2,1-2H3,(H,16,18). The maximum atomic E-state index is 11.5. The van der Waals surface area contributed by atoms with Crippen molar-refractivity contribution < 1.29 is 4.79 Å². The van der Waals surface area contributed by atoms with Gasteiger partial charge in [-0.2, -0.15) is 0 Å². The molecule has 0 spiro atoms. The van der Waals surface area contributed by atoms with Crippen molar-refractivity contribution in [2.75, 3.05) is 18.4 Å². The van der Waals surface area contributed by atoms with Crippen LogP contribution in [0.3, 0.4) is 0 Å². The molecule has 0 aliphatic rings. The molecule has 1 rings (SSSR count). The average molecular weight is 313 g/mol. The van der Waals surface area contributed by atoms with Crippen LogP contribution < -0.4 is 10.6 Å². The molecular weight excluding hydrogens is 292 g/mol. The van der Waals surface area contributed by atoms with Crippen molar-refractivity contribution >= 4 is 27.5 Å². The fourth-order valence-electron chi connectivity index (χ4n) is 1.60. The van der Waals surface area contributed by atoms with Crippen LogP contribution in [0, 0.1) is 6.92 Å². The number of hydrogen-bond donors (Lipinski definition) is 2. The fourth-order valence-corrected chi connectivity index (χ4v) is 1.85. The number of rotatable bonds is 7. The van der Waals surface area contributed by atoms with Crippen LogP contribution in [0.25, 0.3) is 0 Å². The molecule has 0 bridgehead atoms. The lowest BCUT2D eigenvalue weighted by molar-refractivity contribution is -0.119. The van der Waals surface area contributed by atoms with E-state index in [9.17, 15) is 4.79 Å². The highest BCUT2D eigenvalue weighted by Gasteiger charge is 2.01. The highest BCUT2D eigenvalue weighted by molar-refractivity contribution is 9.10. The molecule has 4 heteroatoms. The third kappa shape index (κ3) is 5.54. The molecule has 0 saturated carbocycles. The lowest BCUT2D eigenvalue weighted by Crippen LogP contribution is -2.30. The zero-order valence-electron chi connectivity index (χ0n) is 11.1. The molecule has 0 radical (unpaired) electrons. The summed E-state index contributed by atoms with van der Waals surface area (Å²) < 4.78 is 1.08. The van der Waals surface area contributed by atoms with E-state index in [1.165, 1.54) is 12.8 Å². The second-order valence-corrected chi connectivity index (χ2v) is 5.23. The van der Waals surface area contributed by atoms with Gasteiger partial charge in [-0.1, -0.05) is 35.7 Å². The molecule has 0 aliphatic carbocycles. The summed E-state index contributed by atoms with van der Waals surface area (Å²) in [7, 11) is 0. The third-order valence-corrected chi connectivity index (χ3v) is 3.60. The number of unbranched alkanes of at least 4 members (excludes halogenated alkanes) is 2. The molecule has 0 unspecified atom stereocenters. The summed E-state index contributed by atoms with van der Waals surface area (Å²) >= 11 is 3.45. The average Bonchev–Trinajstić information content (AvgIpc) is 2.36. The van der Waals surface area contributed by atoms with E-state index in [1.54, 1.807) is 0 Å². The topological polar surface area (TPSA) is 41.1 Å². The minimum absolute atomic E-state index is 0.0478. The maximum absolute atomic E-state index is 11.5. The molecule has 2 N–H and O–H groups in total. The number of aryl methyl sites for hydroxylation is 1. The second-order valence-electron chi connectivity index (χ2n) is 4.37. The van der Waals surface area contributed by atoms with Gasteiger partial charge in [-0.3, -0.25) is 4.79 Å². The Morgan fingerprint density at radius 1 is 1.33 bits per heavy atom. The van der Waals surface area contributed by atoms with Gasteiger partial charge >= 0.3 is 0 Å². The fraction of sp³-hybridized carbons (Fsp3) is 0.500. The lowest BCUT2D eigenvalue weighted by atomic mass is 10.2. The van der Waals surface area contributed by atoms with Gasteiger partial charge in [-0.05, 0) is 37.1 Å². The molecule has 0 aromatic heterocycles. The van der Waals surface area contributed by atoms with Crippen molar-refractivity contribution in [1.82, 2.24) is 5.32 Å². The number of carbonyl (C=O) groups is 1. The van der Waals surface area contributed by atoms with Gasteiger partial charge in [0.2, 0.25) is 5.91 Å². The number of anilines is 1. The van der Waals surface area contributed by atoms with Crippen molar-refractivity contribution in [3.05, 3.63) is 28.2 Å². The Morgan fingerprint density at radius 3 is 2.78 bits per heavy atom. The van der Waals surface area contributed by atoms with Crippen LogP contribution in [-0.4, -0.2) is 19.0 Å². The Balaban J connectivity index is 2.27. The van der Waals surface area contributed by atoms with Crippen molar-refractivity contribution in [3.8, 4) is 0 Å². The van der Waals surface area contributed by atoms with Crippen LogP contribution in [0.4, 0.5) is 5.69 Å². The highest BCUT2D eigenvalue weighted by Crippen LogP contribution is 2.19. The summed E-state index contributed by atoms with van der Waals surface area (Å²) in [5, 5.41) is 6.02. The van der Waals surface area contributed by atoms with Gasteiger partial charge in [0.25, 0.3) is 0 Å². The van der Waals surface area contributed by atoms with E-state index >= 15 is 0 Å². The molecule has 1 aromatic rings. The number of nitrogens with one attached hydrogen (secondary N) is 2. The number of carbonyl (C=O) groups excluding carboxylic acids is 1. The van der Waals surface area contributed by atoms with E-state index in [1.807, 2.05) is 25.1 Å². The van der Waals surface area contributed by atoms with Gasteiger partial charge < -0.3 is 10.6 Å². The van der Waals surface area contributed by atoms with Crippen molar-refractivity contribution in [3.63, 3.8) is 0 Å². The predicted molar refractivity (Wildman–Crippen MR) is 79.9 cm³/mol. The summed E-state index contributed by atoms with van der Waals surface area (Å²) in [4.78, 5) is 11.5. The molecule has 0 heterocycles. The van der Waals surface area contributed by atoms with E-state index in [2.05, 4.69) is 33.5 Å². The molecule has 0 aliphatic heterocycles. The molecule has 0 atom stereocenters. The summed E-state index contributed by atoms with van der Waals surface area (Å²) in [6.45, 7) is 5.28. The van der Waals surface area contributed by atoms with E-state index < -0.39 is 0 Å². The maximum Gasteiger partial charge on any atom is 0.239 e. The Kier molecular flexibility index (Phi) is 6.80. The summed E-state index contributed by atoms with van der Waals surface area (Å²) in [5.74, 6) is 0.0478. The number of hydrogen-bond acceptors (Lipinski definition) is 2. The summed E-state index contributed by atoms with van der Waals surface area (Å²) in [5.41, 5.74) is 2.13. The van der Waals surface area contributed by atoms with E-state index in [0.29, 0.717) is 6.54 Å². The molecular formula is C14H21BrN2O. The van der Waals surface area contributed by atoms with Gasteiger partial charge in [0, 0.05) is 16.7 Å². The number of amides is 1. The van der Waals surface area contributed by atoms with Crippen LogP contribution in [0.2, 0.25) is 0 Å². The zero-order valence-corrected chi connectivity index (χ0v) is 12.6. The van der Waals surface area contributed by atoms with E-state index in [4.69, 9.17) is 0 Å². The van der Waals surface area contributed by atoms with Crippen LogP contribution in [0.1, 0.15) is 31.7 Å². The van der Waals surface area contributed by atoms with Gasteiger partial charge in [0.05, 0.1) is 6.54 Å². The highest BCUT2D eigenvalue weighted by atomic mass is 79.9. The first-order valence-electron chi connectivity index (χ1n) is 6.40. The quantitative estimate of drug-likeness (QED) is 0.757. The smallest absolute Gasteiger partial charge is 0.239 e. The van der Waals surface area contributed by atoms with Crippen LogP contribution in [0.15, 0.2) is 22.7 Å². The number of halogens is 1. The Labute approximate surface area is 117 Å². The largest absolute Gasteiger partial charge is 0.376 e. The minimum Gasteiger partial charge on any atom is -0.376 e. The monoisotopic (exact) mass is 312 g/mol. The molecule has 0 fully saturated rings. The Bertz CT molecular complexity index is 393. The molecule has 100 valence electrons. The third-order valence-electron chi connectivity index (χ3n) is 2.71. The van der Waals surface area contributed by atoms with Crippen LogP contribution in [-0.2, 0) is 4.79 Å². The Morgan fingerprint density at radius 2 is 2.11 bits per heavy atom. The first-order valence-corrected chi connectivity index (χ1v) is 7.19. The van der Waals surface area contributed by atoms with Crippen molar-refractivity contribution in [1.29, 1.82) is 0 Å². The zero-order chi connectivity index (χ0) is 13.4. The Hall–Kier alpha value is -1.03. The van der Waals surface area contributed by atoms with Gasteiger partial charge in [0.15, 0.2) is 0 Å². The first-order chi connectivity index (χ1) is 8.63. The molecule has 0 saturated heterocycles. The van der Waals surface area contributed by atoms with E-state index in [-0.39, 0.29) is 5.91 Å². The normalized spacial score (nSPS) is 10.2. The van der Waals surface area contributed by atoms with Crippen molar-refractivity contribution in [2.45, 2.75) is 33.1 Å². The first kappa shape index (κ1) is 15.0. The van der Waals surface area contributed by atoms with Crippen LogP contribution >= 0.6 is 15.9 Å². The molecule has 1 amide bonds. The van der Waals surface area contributed by atoms with Crippen molar-refractivity contribution in [2.24, 2.45) is 0 Å². The predicted octanol–water partition coefficient (Wildman–Crippen LogP) is 3.48. The van der Waals surface area contributed by atoms with Crippen LogP contribution in [0.5, 0.6) is 0 Å².